The van der Waals surface area contributed by atoms with Crippen LogP contribution in [0.25, 0.3) is 0 Å². The highest BCUT2D eigenvalue weighted by Crippen LogP contribution is 2.28. The van der Waals surface area contributed by atoms with Crippen molar-refractivity contribution in [2.24, 2.45) is 0 Å². The topological polar surface area (TPSA) is 81.5 Å². The second kappa shape index (κ2) is 6.04. The normalized spacial score (nSPS) is 10.0. The number of carbonyl (C=O) groups excluding carboxylic acids is 1. The SMILES string of the molecule is COc1ccc(C(=O)Nc2c(C)cccc2[N+](=O)[O-])cc1. The molecule has 6 heteroatoms. The number of hydrogen-bond donors (Lipinski definition) is 1. The van der Waals surface area contributed by atoms with Crippen LogP contribution in [0.2, 0.25) is 0 Å². The molecule has 0 heterocycles. The maximum Gasteiger partial charge on any atom is 0.293 e. The molecule has 1 N–H and O–H groups in total. The van der Waals surface area contributed by atoms with Gasteiger partial charge in [-0.3, -0.25) is 14.9 Å². The van der Waals surface area contributed by atoms with E-state index in [2.05, 4.69) is 5.32 Å². The predicted molar refractivity (Wildman–Crippen MR) is 78.8 cm³/mol. The number of nitrogens with zero attached hydrogens (tertiary/aromatic N) is 1. The Kier molecular flexibility index (Phi) is 4.18. The molecule has 6 nitrogen and oxygen atoms in total. The molecule has 1 amide bonds. The average Bonchev–Trinajstić information content (AvgIpc) is 2.49. The highest BCUT2D eigenvalue weighted by atomic mass is 16.6. The lowest BCUT2D eigenvalue weighted by Gasteiger charge is -2.09. The molecule has 108 valence electrons. The molecule has 2 aromatic carbocycles. The molecule has 0 spiro atoms. The van der Waals surface area contributed by atoms with Gasteiger partial charge in [-0.05, 0) is 36.8 Å². The summed E-state index contributed by atoms with van der Waals surface area (Å²) in [6.07, 6.45) is 0. The highest BCUT2D eigenvalue weighted by Gasteiger charge is 2.18. The minimum absolute atomic E-state index is 0.128. The van der Waals surface area contributed by atoms with E-state index in [4.69, 9.17) is 4.74 Å². The van der Waals surface area contributed by atoms with Gasteiger partial charge in [0.05, 0.1) is 12.0 Å². The van der Waals surface area contributed by atoms with Gasteiger partial charge in [0.15, 0.2) is 0 Å². The number of amides is 1. The quantitative estimate of drug-likeness (QED) is 0.691. The molecule has 0 atom stereocenters. The van der Waals surface area contributed by atoms with Crippen molar-refractivity contribution in [2.45, 2.75) is 6.92 Å². The Balaban J connectivity index is 2.29. The molecule has 21 heavy (non-hydrogen) atoms. The number of carbonyl (C=O) groups is 1. The zero-order chi connectivity index (χ0) is 15.4. The summed E-state index contributed by atoms with van der Waals surface area (Å²) in [4.78, 5) is 22.7. The van der Waals surface area contributed by atoms with E-state index < -0.39 is 10.8 Å². The highest BCUT2D eigenvalue weighted by molar-refractivity contribution is 6.05. The van der Waals surface area contributed by atoms with Crippen molar-refractivity contribution >= 4 is 17.3 Å². The molecule has 0 bridgehead atoms. The number of anilines is 1. The van der Waals surface area contributed by atoms with Gasteiger partial charge < -0.3 is 10.1 Å². The number of ether oxygens (including phenoxy) is 1. The van der Waals surface area contributed by atoms with Crippen molar-refractivity contribution in [1.29, 1.82) is 0 Å². The van der Waals surface area contributed by atoms with Crippen LogP contribution in [0.4, 0.5) is 11.4 Å². The second-order valence-electron chi connectivity index (χ2n) is 4.41. The summed E-state index contributed by atoms with van der Waals surface area (Å²) < 4.78 is 5.02. The third-order valence-electron chi connectivity index (χ3n) is 3.04. The molecule has 2 aromatic rings. The van der Waals surface area contributed by atoms with E-state index in [1.165, 1.54) is 13.2 Å². The Morgan fingerprint density at radius 3 is 2.43 bits per heavy atom. The summed E-state index contributed by atoms with van der Waals surface area (Å²) in [7, 11) is 1.53. The maximum atomic E-state index is 12.2. The monoisotopic (exact) mass is 286 g/mol. The first-order chi connectivity index (χ1) is 10.0. The van der Waals surface area contributed by atoms with Gasteiger partial charge >= 0.3 is 0 Å². The number of hydrogen-bond acceptors (Lipinski definition) is 4. The van der Waals surface area contributed by atoms with Gasteiger partial charge in [-0.2, -0.15) is 0 Å². The van der Waals surface area contributed by atoms with Crippen molar-refractivity contribution in [1.82, 2.24) is 0 Å². The fourth-order valence-corrected chi connectivity index (χ4v) is 1.90. The molecule has 0 aliphatic heterocycles. The second-order valence-corrected chi connectivity index (χ2v) is 4.41. The summed E-state index contributed by atoms with van der Waals surface area (Å²) >= 11 is 0. The smallest absolute Gasteiger partial charge is 0.293 e. The molecule has 0 aromatic heterocycles. The lowest BCUT2D eigenvalue weighted by atomic mass is 10.1. The number of methoxy groups -OCH3 is 1. The Morgan fingerprint density at radius 1 is 1.19 bits per heavy atom. The first kappa shape index (κ1) is 14.5. The van der Waals surface area contributed by atoms with Crippen LogP contribution in [0.5, 0.6) is 5.75 Å². The lowest BCUT2D eigenvalue weighted by molar-refractivity contribution is -0.383. The van der Waals surface area contributed by atoms with E-state index in [-0.39, 0.29) is 11.4 Å². The van der Waals surface area contributed by atoms with Crippen LogP contribution < -0.4 is 10.1 Å². The van der Waals surface area contributed by atoms with Gasteiger partial charge in [-0.15, -0.1) is 0 Å². The molecule has 0 aliphatic carbocycles. The molecule has 0 unspecified atom stereocenters. The maximum absolute atomic E-state index is 12.2. The Bertz CT molecular complexity index is 681. The van der Waals surface area contributed by atoms with Crippen molar-refractivity contribution in [3.63, 3.8) is 0 Å². The summed E-state index contributed by atoms with van der Waals surface area (Å²) in [5.41, 5.74) is 1.11. The number of aryl methyl sites for hydroxylation is 1. The molecular weight excluding hydrogens is 272 g/mol. The number of nitro groups is 1. The van der Waals surface area contributed by atoms with Gasteiger partial charge in [0, 0.05) is 11.6 Å². The molecule has 0 radical (unpaired) electrons. The fraction of sp³-hybridized carbons (Fsp3) is 0.133. The van der Waals surface area contributed by atoms with Crippen LogP contribution in [0.15, 0.2) is 42.5 Å². The first-order valence-corrected chi connectivity index (χ1v) is 6.22. The average molecular weight is 286 g/mol. The fourth-order valence-electron chi connectivity index (χ4n) is 1.90. The largest absolute Gasteiger partial charge is 0.497 e. The van der Waals surface area contributed by atoms with Crippen molar-refractivity contribution in [3.05, 3.63) is 63.7 Å². The zero-order valence-electron chi connectivity index (χ0n) is 11.6. The van der Waals surface area contributed by atoms with Crippen LogP contribution >= 0.6 is 0 Å². The van der Waals surface area contributed by atoms with Gasteiger partial charge in [0.2, 0.25) is 0 Å². The number of benzene rings is 2. The van der Waals surface area contributed by atoms with Gasteiger partial charge in [0.25, 0.3) is 11.6 Å². The zero-order valence-corrected chi connectivity index (χ0v) is 11.6. The minimum Gasteiger partial charge on any atom is -0.497 e. The number of para-hydroxylation sites is 1. The summed E-state index contributed by atoms with van der Waals surface area (Å²) in [6.45, 7) is 1.70. The standard InChI is InChI=1S/C15H14N2O4/c1-10-4-3-5-13(17(19)20)14(10)16-15(18)11-6-8-12(21-2)9-7-11/h3-9H,1-2H3,(H,16,18). The summed E-state index contributed by atoms with van der Waals surface area (Å²) in [6, 6.07) is 11.1. The van der Waals surface area contributed by atoms with Crippen molar-refractivity contribution < 1.29 is 14.5 Å². The summed E-state index contributed by atoms with van der Waals surface area (Å²) in [5, 5.41) is 13.6. The Hall–Kier alpha value is -2.89. The third kappa shape index (κ3) is 3.17. The van der Waals surface area contributed by atoms with Crippen LogP contribution in [0.3, 0.4) is 0 Å². The van der Waals surface area contributed by atoms with Crippen molar-refractivity contribution in [3.8, 4) is 5.75 Å². The Morgan fingerprint density at radius 2 is 1.86 bits per heavy atom. The van der Waals surface area contributed by atoms with E-state index in [1.54, 1.807) is 43.3 Å². The molecular formula is C15H14N2O4. The van der Waals surface area contributed by atoms with Crippen LogP contribution in [-0.4, -0.2) is 17.9 Å². The number of rotatable bonds is 4. The minimum atomic E-state index is -0.517. The van der Waals surface area contributed by atoms with E-state index >= 15 is 0 Å². The molecule has 0 saturated heterocycles. The van der Waals surface area contributed by atoms with Crippen LogP contribution in [0, 0.1) is 17.0 Å². The molecule has 0 aliphatic rings. The van der Waals surface area contributed by atoms with E-state index in [0.29, 0.717) is 16.9 Å². The van der Waals surface area contributed by atoms with Gasteiger partial charge in [-0.1, -0.05) is 12.1 Å². The van der Waals surface area contributed by atoms with E-state index in [1.807, 2.05) is 0 Å². The summed E-state index contributed by atoms with van der Waals surface area (Å²) in [5.74, 6) is 0.225. The molecule has 0 saturated carbocycles. The predicted octanol–water partition coefficient (Wildman–Crippen LogP) is 3.16. The number of nitrogens with one attached hydrogen (secondary N) is 1. The molecule has 0 fully saturated rings. The third-order valence-corrected chi connectivity index (χ3v) is 3.04. The number of nitro benzene ring substituents is 1. The van der Waals surface area contributed by atoms with Gasteiger partial charge in [-0.25, -0.2) is 0 Å². The van der Waals surface area contributed by atoms with Crippen molar-refractivity contribution in [2.75, 3.05) is 12.4 Å². The van der Waals surface area contributed by atoms with Crippen LogP contribution in [-0.2, 0) is 0 Å². The van der Waals surface area contributed by atoms with E-state index in [9.17, 15) is 14.9 Å². The van der Waals surface area contributed by atoms with E-state index in [0.717, 1.165) is 0 Å². The van der Waals surface area contributed by atoms with Crippen LogP contribution in [0.1, 0.15) is 15.9 Å². The molecule has 2 rings (SSSR count). The lowest BCUT2D eigenvalue weighted by Crippen LogP contribution is -2.14. The first-order valence-electron chi connectivity index (χ1n) is 6.22. The van der Waals surface area contributed by atoms with Gasteiger partial charge in [0.1, 0.15) is 11.4 Å². The Labute approximate surface area is 121 Å².